The average molecular weight is 349 g/mol. The molecule has 4 rings (SSSR count). The Bertz CT molecular complexity index is 1000. The summed E-state index contributed by atoms with van der Waals surface area (Å²) in [6.07, 6.45) is 0. The van der Waals surface area contributed by atoms with Gasteiger partial charge in [-0.25, -0.2) is 10.1 Å². The van der Waals surface area contributed by atoms with Gasteiger partial charge < -0.3 is 9.80 Å². The summed E-state index contributed by atoms with van der Waals surface area (Å²) in [4.78, 5) is 32.3. The summed E-state index contributed by atoms with van der Waals surface area (Å²) in [5.41, 5.74) is 2.13. The number of rotatable bonds is 2. The Kier molecular flexibility index (Phi) is 4.12. The number of piperazine rings is 1. The molecule has 1 aliphatic rings. The number of nitrogens with zero attached hydrogens (tertiary/aromatic N) is 4. The Balaban J connectivity index is 1.49. The molecule has 1 N–H and O–H groups in total. The molecule has 0 radical (unpaired) electrons. The van der Waals surface area contributed by atoms with Gasteiger partial charge in [-0.15, -0.1) is 0 Å². The second kappa shape index (κ2) is 6.59. The van der Waals surface area contributed by atoms with Crippen molar-refractivity contribution in [2.45, 2.75) is 6.92 Å². The molecule has 7 heteroatoms. The molecule has 1 amide bonds. The van der Waals surface area contributed by atoms with Gasteiger partial charge in [-0.1, -0.05) is 18.2 Å². The minimum absolute atomic E-state index is 0.163. The molecule has 26 heavy (non-hydrogen) atoms. The number of hydrogen-bond acceptors (Lipinski definition) is 5. The standard InChI is InChI=1S/C19H19N5O2/c1-13-12-17(20-15-5-3-2-4-14(13)15)23-8-10-24(11-9-23)19(26)16-6-7-18(25)22-21-16/h2-7,12H,8-11H2,1H3,(H,22,25). The summed E-state index contributed by atoms with van der Waals surface area (Å²) < 4.78 is 0. The molecular formula is C19H19N5O2. The molecule has 2 aromatic heterocycles. The normalized spacial score (nSPS) is 14.7. The maximum Gasteiger partial charge on any atom is 0.274 e. The smallest absolute Gasteiger partial charge is 0.274 e. The third kappa shape index (κ3) is 3.03. The van der Waals surface area contributed by atoms with Crippen LogP contribution in [0, 0.1) is 6.92 Å². The van der Waals surface area contributed by atoms with E-state index in [1.165, 1.54) is 17.7 Å². The van der Waals surface area contributed by atoms with Crippen molar-refractivity contribution in [1.29, 1.82) is 0 Å². The first-order valence-corrected chi connectivity index (χ1v) is 8.58. The zero-order valence-electron chi connectivity index (χ0n) is 14.5. The topological polar surface area (TPSA) is 82.2 Å². The van der Waals surface area contributed by atoms with Crippen LogP contribution >= 0.6 is 0 Å². The summed E-state index contributed by atoms with van der Waals surface area (Å²) in [7, 11) is 0. The van der Waals surface area contributed by atoms with Crippen LogP contribution in [0.2, 0.25) is 0 Å². The number of pyridine rings is 1. The predicted octanol–water partition coefficient (Wildman–Crippen LogP) is 1.59. The fourth-order valence-electron chi connectivity index (χ4n) is 3.26. The molecule has 0 saturated carbocycles. The summed E-state index contributed by atoms with van der Waals surface area (Å²) in [6, 6.07) is 13.0. The number of anilines is 1. The van der Waals surface area contributed by atoms with Gasteiger partial charge >= 0.3 is 0 Å². The van der Waals surface area contributed by atoms with Crippen molar-refractivity contribution in [3.63, 3.8) is 0 Å². The number of nitrogens with one attached hydrogen (secondary N) is 1. The van der Waals surface area contributed by atoms with Gasteiger partial charge in [0.1, 0.15) is 11.5 Å². The molecule has 7 nitrogen and oxygen atoms in total. The Morgan fingerprint density at radius 3 is 2.58 bits per heavy atom. The van der Waals surface area contributed by atoms with Gasteiger partial charge in [-0.2, -0.15) is 5.10 Å². The fraction of sp³-hybridized carbons (Fsp3) is 0.263. The zero-order valence-corrected chi connectivity index (χ0v) is 14.5. The molecule has 1 aliphatic heterocycles. The van der Waals surface area contributed by atoms with Crippen LogP contribution in [0.25, 0.3) is 10.9 Å². The maximum atomic E-state index is 12.5. The van der Waals surface area contributed by atoms with Gasteiger partial charge in [-0.05, 0) is 30.7 Å². The van der Waals surface area contributed by atoms with Gasteiger partial charge in [0.2, 0.25) is 0 Å². The summed E-state index contributed by atoms with van der Waals surface area (Å²) in [5.74, 6) is 0.777. The van der Waals surface area contributed by atoms with Crippen LogP contribution in [-0.2, 0) is 0 Å². The lowest BCUT2D eigenvalue weighted by molar-refractivity contribution is 0.0739. The fourth-order valence-corrected chi connectivity index (χ4v) is 3.26. The van der Waals surface area contributed by atoms with Crippen LogP contribution in [0.1, 0.15) is 16.1 Å². The number of amides is 1. The molecule has 132 valence electrons. The van der Waals surface area contributed by atoms with E-state index in [9.17, 15) is 9.59 Å². The zero-order chi connectivity index (χ0) is 18.1. The lowest BCUT2D eigenvalue weighted by atomic mass is 10.1. The molecule has 0 unspecified atom stereocenters. The molecule has 3 heterocycles. The number of aryl methyl sites for hydroxylation is 1. The van der Waals surface area contributed by atoms with Crippen molar-refractivity contribution in [2.75, 3.05) is 31.1 Å². The molecule has 3 aromatic rings. The molecule has 0 aliphatic carbocycles. The van der Waals surface area contributed by atoms with Crippen LogP contribution in [0.5, 0.6) is 0 Å². The molecule has 1 fully saturated rings. The van der Waals surface area contributed by atoms with E-state index in [0.717, 1.165) is 16.7 Å². The minimum Gasteiger partial charge on any atom is -0.353 e. The van der Waals surface area contributed by atoms with Crippen molar-refractivity contribution in [3.05, 3.63) is 64.1 Å². The highest BCUT2D eigenvalue weighted by molar-refractivity contribution is 5.92. The van der Waals surface area contributed by atoms with E-state index in [1.807, 2.05) is 18.2 Å². The number of fused-ring (bicyclic) bond motifs is 1. The number of aromatic amines is 1. The monoisotopic (exact) mass is 349 g/mol. The Morgan fingerprint density at radius 1 is 1.08 bits per heavy atom. The Morgan fingerprint density at radius 2 is 1.85 bits per heavy atom. The largest absolute Gasteiger partial charge is 0.353 e. The first-order valence-electron chi connectivity index (χ1n) is 8.58. The molecular weight excluding hydrogens is 330 g/mol. The van der Waals surface area contributed by atoms with E-state index < -0.39 is 0 Å². The third-order valence-corrected chi connectivity index (χ3v) is 4.70. The van der Waals surface area contributed by atoms with E-state index in [0.29, 0.717) is 26.2 Å². The summed E-state index contributed by atoms with van der Waals surface area (Å²) in [5, 5.41) is 7.29. The lowest BCUT2D eigenvalue weighted by Crippen LogP contribution is -2.49. The first kappa shape index (κ1) is 16.3. The van der Waals surface area contributed by atoms with E-state index in [-0.39, 0.29) is 17.2 Å². The number of aromatic nitrogens is 3. The van der Waals surface area contributed by atoms with Crippen LogP contribution in [0.3, 0.4) is 0 Å². The number of benzene rings is 1. The second-order valence-corrected chi connectivity index (χ2v) is 6.40. The molecule has 1 saturated heterocycles. The Hall–Kier alpha value is -3.22. The highest BCUT2D eigenvalue weighted by atomic mass is 16.2. The Labute approximate surface area is 150 Å². The molecule has 0 spiro atoms. The lowest BCUT2D eigenvalue weighted by Gasteiger charge is -2.35. The average Bonchev–Trinajstić information content (AvgIpc) is 2.68. The van der Waals surface area contributed by atoms with Crippen molar-refractivity contribution in [3.8, 4) is 0 Å². The minimum atomic E-state index is -0.316. The number of hydrogen-bond donors (Lipinski definition) is 1. The van der Waals surface area contributed by atoms with Crippen LogP contribution in [0.15, 0.2) is 47.3 Å². The molecule has 0 bridgehead atoms. The number of para-hydroxylation sites is 1. The highest BCUT2D eigenvalue weighted by Crippen LogP contribution is 2.23. The summed E-state index contributed by atoms with van der Waals surface area (Å²) in [6.45, 7) is 4.69. The second-order valence-electron chi connectivity index (χ2n) is 6.40. The number of carbonyl (C=O) groups excluding carboxylic acids is 1. The maximum absolute atomic E-state index is 12.5. The first-order chi connectivity index (χ1) is 12.6. The van der Waals surface area contributed by atoms with E-state index in [1.54, 1.807) is 4.90 Å². The molecule has 1 aromatic carbocycles. The third-order valence-electron chi connectivity index (χ3n) is 4.70. The van der Waals surface area contributed by atoms with Gasteiger partial charge in [0.15, 0.2) is 0 Å². The van der Waals surface area contributed by atoms with E-state index in [2.05, 4.69) is 34.2 Å². The van der Waals surface area contributed by atoms with Crippen LogP contribution < -0.4 is 10.5 Å². The van der Waals surface area contributed by atoms with Crippen molar-refractivity contribution in [2.24, 2.45) is 0 Å². The van der Waals surface area contributed by atoms with Crippen molar-refractivity contribution in [1.82, 2.24) is 20.1 Å². The van der Waals surface area contributed by atoms with Gasteiger partial charge in [-0.3, -0.25) is 9.59 Å². The van der Waals surface area contributed by atoms with Gasteiger partial charge in [0.05, 0.1) is 5.52 Å². The van der Waals surface area contributed by atoms with E-state index in [4.69, 9.17) is 4.98 Å². The van der Waals surface area contributed by atoms with E-state index >= 15 is 0 Å². The van der Waals surface area contributed by atoms with Crippen LogP contribution in [0.4, 0.5) is 5.82 Å². The van der Waals surface area contributed by atoms with Crippen molar-refractivity contribution >= 4 is 22.6 Å². The molecule has 0 atom stereocenters. The number of carbonyl (C=O) groups is 1. The summed E-state index contributed by atoms with van der Waals surface area (Å²) >= 11 is 0. The van der Waals surface area contributed by atoms with Crippen LogP contribution in [-0.4, -0.2) is 52.2 Å². The van der Waals surface area contributed by atoms with Gasteiger partial charge in [0, 0.05) is 37.6 Å². The van der Waals surface area contributed by atoms with Gasteiger partial charge in [0.25, 0.3) is 11.5 Å². The van der Waals surface area contributed by atoms with Crippen molar-refractivity contribution < 1.29 is 4.79 Å². The number of H-pyrrole nitrogens is 1. The quantitative estimate of drug-likeness (QED) is 0.760. The highest BCUT2D eigenvalue weighted by Gasteiger charge is 2.24. The SMILES string of the molecule is Cc1cc(N2CCN(C(=O)c3ccc(=O)[nH]n3)CC2)nc2ccccc12. The predicted molar refractivity (Wildman–Crippen MR) is 99.5 cm³/mol.